The van der Waals surface area contributed by atoms with Crippen molar-refractivity contribution in [2.45, 2.75) is 25.0 Å². The Morgan fingerprint density at radius 3 is 2.72 bits per heavy atom. The Hall–Kier alpha value is -1.62. The summed E-state index contributed by atoms with van der Waals surface area (Å²) < 4.78 is 5.44. The maximum atomic E-state index is 10.8. The van der Waals surface area contributed by atoms with E-state index in [1.165, 1.54) is 17.3 Å². The molecule has 0 atom stereocenters. The molecule has 1 aromatic heterocycles. The van der Waals surface area contributed by atoms with Gasteiger partial charge < -0.3 is 4.42 Å². The third kappa shape index (κ3) is 4.00. The fraction of sp³-hybridized carbons (Fsp3) is 0.308. The van der Waals surface area contributed by atoms with E-state index in [4.69, 9.17) is 4.42 Å². The standard InChI is InChI=1S/C13H14N2O2S/c1-10(16)9-18-13-15-14-12(17-13)8-7-11-5-3-2-4-6-11/h2-6H,7-9H2,1H3. The Morgan fingerprint density at radius 1 is 1.22 bits per heavy atom. The lowest BCUT2D eigenvalue weighted by atomic mass is 10.1. The van der Waals surface area contributed by atoms with Gasteiger partial charge >= 0.3 is 0 Å². The summed E-state index contributed by atoms with van der Waals surface area (Å²) in [6.45, 7) is 1.54. The van der Waals surface area contributed by atoms with Crippen LogP contribution in [-0.4, -0.2) is 21.7 Å². The van der Waals surface area contributed by atoms with Gasteiger partial charge in [0.15, 0.2) is 0 Å². The SMILES string of the molecule is CC(=O)CSc1nnc(CCc2ccccc2)o1. The third-order valence-corrected chi connectivity index (χ3v) is 3.28. The first-order chi connectivity index (χ1) is 8.74. The van der Waals surface area contributed by atoms with Crippen molar-refractivity contribution < 1.29 is 9.21 Å². The number of hydrogen-bond donors (Lipinski definition) is 0. The van der Waals surface area contributed by atoms with E-state index < -0.39 is 0 Å². The van der Waals surface area contributed by atoms with E-state index in [0.29, 0.717) is 16.9 Å². The van der Waals surface area contributed by atoms with Gasteiger partial charge in [-0.05, 0) is 18.9 Å². The fourth-order valence-electron chi connectivity index (χ4n) is 1.46. The maximum Gasteiger partial charge on any atom is 0.277 e. The molecule has 0 N–H and O–H groups in total. The third-order valence-electron chi connectivity index (χ3n) is 2.32. The van der Waals surface area contributed by atoms with Crippen LogP contribution in [0.25, 0.3) is 0 Å². The van der Waals surface area contributed by atoms with Crippen molar-refractivity contribution in [3.8, 4) is 0 Å². The van der Waals surface area contributed by atoms with E-state index >= 15 is 0 Å². The lowest BCUT2D eigenvalue weighted by Crippen LogP contribution is -1.92. The molecule has 0 spiro atoms. The lowest BCUT2D eigenvalue weighted by molar-refractivity contribution is -0.114. The van der Waals surface area contributed by atoms with Crippen molar-refractivity contribution in [1.29, 1.82) is 0 Å². The second-order valence-electron chi connectivity index (χ2n) is 3.94. The zero-order chi connectivity index (χ0) is 12.8. The van der Waals surface area contributed by atoms with Crippen molar-refractivity contribution in [3.63, 3.8) is 0 Å². The van der Waals surface area contributed by atoms with Crippen LogP contribution in [0.4, 0.5) is 0 Å². The van der Waals surface area contributed by atoms with E-state index in [9.17, 15) is 4.79 Å². The quantitative estimate of drug-likeness (QED) is 0.749. The number of carbonyl (C=O) groups excluding carboxylic acids is 1. The van der Waals surface area contributed by atoms with E-state index in [-0.39, 0.29) is 5.78 Å². The van der Waals surface area contributed by atoms with Gasteiger partial charge in [-0.1, -0.05) is 42.1 Å². The highest BCUT2D eigenvalue weighted by Crippen LogP contribution is 2.16. The number of Topliss-reactive ketones (excluding diaryl/α,β-unsaturated/α-hetero) is 1. The molecule has 0 saturated carbocycles. The Kier molecular flexibility index (Phi) is 4.52. The molecule has 0 radical (unpaired) electrons. The molecule has 2 aromatic rings. The second-order valence-corrected chi connectivity index (χ2v) is 4.86. The number of aryl methyl sites for hydroxylation is 2. The van der Waals surface area contributed by atoms with Crippen LogP contribution < -0.4 is 0 Å². The van der Waals surface area contributed by atoms with Crippen LogP contribution >= 0.6 is 11.8 Å². The number of benzene rings is 1. The van der Waals surface area contributed by atoms with Gasteiger partial charge in [0.05, 0.1) is 5.75 Å². The number of aromatic nitrogens is 2. The van der Waals surface area contributed by atoms with Crippen LogP contribution in [0.15, 0.2) is 40.0 Å². The first-order valence-electron chi connectivity index (χ1n) is 5.72. The molecule has 1 heterocycles. The van der Waals surface area contributed by atoms with Gasteiger partial charge in [-0.15, -0.1) is 10.2 Å². The van der Waals surface area contributed by atoms with E-state index in [0.717, 1.165) is 12.8 Å². The zero-order valence-corrected chi connectivity index (χ0v) is 10.9. The smallest absolute Gasteiger partial charge is 0.277 e. The van der Waals surface area contributed by atoms with Gasteiger partial charge in [-0.2, -0.15) is 0 Å². The molecule has 94 valence electrons. The van der Waals surface area contributed by atoms with Gasteiger partial charge in [0.25, 0.3) is 5.22 Å². The Labute approximate surface area is 110 Å². The molecule has 0 amide bonds. The second kappa shape index (κ2) is 6.35. The van der Waals surface area contributed by atoms with Gasteiger partial charge in [-0.3, -0.25) is 4.79 Å². The fourth-order valence-corrected chi connectivity index (χ4v) is 2.04. The molecule has 18 heavy (non-hydrogen) atoms. The van der Waals surface area contributed by atoms with Crippen LogP contribution in [0.5, 0.6) is 0 Å². The largest absolute Gasteiger partial charge is 0.416 e. The number of rotatable bonds is 6. The van der Waals surface area contributed by atoms with E-state index in [1.807, 2.05) is 18.2 Å². The minimum atomic E-state index is 0.101. The van der Waals surface area contributed by atoms with E-state index in [2.05, 4.69) is 22.3 Å². The molecule has 5 heteroatoms. The summed E-state index contributed by atoms with van der Waals surface area (Å²) in [4.78, 5) is 10.8. The minimum absolute atomic E-state index is 0.101. The van der Waals surface area contributed by atoms with Gasteiger partial charge in [-0.25, -0.2) is 0 Å². The predicted octanol–water partition coefficient (Wildman–Crippen LogP) is 2.54. The molecule has 2 rings (SSSR count). The average molecular weight is 262 g/mol. The monoisotopic (exact) mass is 262 g/mol. The topological polar surface area (TPSA) is 56.0 Å². The summed E-state index contributed by atoms with van der Waals surface area (Å²) in [7, 11) is 0. The van der Waals surface area contributed by atoms with Crippen molar-refractivity contribution in [3.05, 3.63) is 41.8 Å². The first-order valence-corrected chi connectivity index (χ1v) is 6.71. The lowest BCUT2D eigenvalue weighted by Gasteiger charge is -1.96. The molecule has 0 aliphatic carbocycles. The normalized spacial score (nSPS) is 10.5. The Balaban J connectivity index is 1.85. The number of carbonyl (C=O) groups is 1. The number of nitrogens with zero attached hydrogens (tertiary/aromatic N) is 2. The molecule has 0 aliphatic rings. The van der Waals surface area contributed by atoms with Crippen LogP contribution in [-0.2, 0) is 17.6 Å². The van der Waals surface area contributed by atoms with Crippen molar-refractivity contribution >= 4 is 17.5 Å². The summed E-state index contributed by atoms with van der Waals surface area (Å²) >= 11 is 1.28. The Morgan fingerprint density at radius 2 is 2.00 bits per heavy atom. The molecule has 0 bridgehead atoms. The minimum Gasteiger partial charge on any atom is -0.416 e. The van der Waals surface area contributed by atoms with Gasteiger partial charge in [0.1, 0.15) is 5.78 Å². The van der Waals surface area contributed by atoms with Gasteiger partial charge in [0.2, 0.25) is 5.89 Å². The highest BCUT2D eigenvalue weighted by atomic mass is 32.2. The summed E-state index contributed by atoms with van der Waals surface area (Å²) in [5.41, 5.74) is 1.24. The highest BCUT2D eigenvalue weighted by Gasteiger charge is 2.07. The zero-order valence-electron chi connectivity index (χ0n) is 10.1. The van der Waals surface area contributed by atoms with Crippen molar-refractivity contribution in [2.75, 3.05) is 5.75 Å². The highest BCUT2D eigenvalue weighted by molar-refractivity contribution is 7.99. The van der Waals surface area contributed by atoms with E-state index in [1.54, 1.807) is 6.92 Å². The summed E-state index contributed by atoms with van der Waals surface area (Å²) in [5, 5.41) is 8.32. The van der Waals surface area contributed by atoms with Gasteiger partial charge in [0, 0.05) is 6.42 Å². The van der Waals surface area contributed by atoms with Crippen molar-refractivity contribution in [2.24, 2.45) is 0 Å². The first kappa shape index (κ1) is 12.8. The predicted molar refractivity (Wildman–Crippen MR) is 69.6 cm³/mol. The molecule has 0 fully saturated rings. The molecule has 0 saturated heterocycles. The maximum absolute atomic E-state index is 10.8. The summed E-state index contributed by atoms with van der Waals surface area (Å²) in [6.07, 6.45) is 1.59. The molecule has 4 nitrogen and oxygen atoms in total. The Bertz CT molecular complexity index is 511. The van der Waals surface area contributed by atoms with Crippen LogP contribution in [0, 0.1) is 0 Å². The molecule has 0 unspecified atom stereocenters. The summed E-state index contributed by atoms with van der Waals surface area (Å²) in [6, 6.07) is 10.2. The van der Waals surface area contributed by atoms with Crippen LogP contribution in [0.1, 0.15) is 18.4 Å². The molecule has 0 aliphatic heterocycles. The molecular weight excluding hydrogens is 248 g/mol. The van der Waals surface area contributed by atoms with Crippen molar-refractivity contribution in [1.82, 2.24) is 10.2 Å². The number of thioether (sulfide) groups is 1. The summed E-state index contributed by atoms with van der Waals surface area (Å²) in [5.74, 6) is 1.09. The molecule has 1 aromatic carbocycles. The average Bonchev–Trinajstić information content (AvgIpc) is 2.83. The molecular formula is C13H14N2O2S. The number of hydrogen-bond acceptors (Lipinski definition) is 5. The van der Waals surface area contributed by atoms with Crippen LogP contribution in [0.3, 0.4) is 0 Å². The van der Waals surface area contributed by atoms with Crippen LogP contribution in [0.2, 0.25) is 0 Å². The number of ketones is 1.